The zero-order valence-electron chi connectivity index (χ0n) is 8.53. The van der Waals surface area contributed by atoms with Crippen LogP contribution in [-0.4, -0.2) is 10.1 Å². The molecule has 1 aromatic heterocycles. The van der Waals surface area contributed by atoms with Gasteiger partial charge in [0, 0.05) is 10.9 Å². The summed E-state index contributed by atoms with van der Waals surface area (Å²) in [4.78, 5) is 3.94. The Morgan fingerprint density at radius 1 is 1.24 bits per heavy atom. The van der Waals surface area contributed by atoms with Crippen LogP contribution in [0, 0.1) is 0 Å². The van der Waals surface area contributed by atoms with Gasteiger partial charge in [-0.2, -0.15) is 13.2 Å². The molecule has 0 spiro atoms. The summed E-state index contributed by atoms with van der Waals surface area (Å²) in [6.45, 7) is -0.265. The molecule has 1 heterocycles. The van der Waals surface area contributed by atoms with Gasteiger partial charge in [0.15, 0.2) is 0 Å². The van der Waals surface area contributed by atoms with Crippen LogP contribution in [0.3, 0.4) is 0 Å². The summed E-state index contributed by atoms with van der Waals surface area (Å²) in [6, 6.07) is 5.26. The Bertz CT molecular complexity index is 521. The maximum absolute atomic E-state index is 12.7. The molecule has 90 valence electrons. The lowest BCUT2D eigenvalue weighted by Crippen LogP contribution is -2.06. The van der Waals surface area contributed by atoms with Crippen molar-refractivity contribution in [1.29, 1.82) is 0 Å². The van der Waals surface area contributed by atoms with Crippen molar-refractivity contribution in [3.8, 4) is 11.3 Å². The van der Waals surface area contributed by atoms with Gasteiger partial charge in [-0.05, 0) is 6.07 Å². The molecular weight excluding hydrogens is 251 g/mol. The zero-order valence-corrected chi connectivity index (χ0v) is 9.35. The van der Waals surface area contributed by atoms with Crippen molar-refractivity contribution in [3.05, 3.63) is 40.2 Å². The molecule has 1 aromatic carbocycles. The van der Waals surface area contributed by atoms with E-state index in [1.165, 1.54) is 23.6 Å². The summed E-state index contributed by atoms with van der Waals surface area (Å²) in [5, 5.41) is 10.8. The second-order valence-corrected chi connectivity index (χ2v) is 4.27. The van der Waals surface area contributed by atoms with Gasteiger partial charge in [-0.15, -0.1) is 11.3 Å². The topological polar surface area (TPSA) is 33.1 Å². The number of aliphatic hydroxyl groups is 1. The summed E-state index contributed by atoms with van der Waals surface area (Å²) in [7, 11) is 0. The van der Waals surface area contributed by atoms with Crippen molar-refractivity contribution >= 4 is 11.3 Å². The quantitative estimate of drug-likeness (QED) is 0.897. The van der Waals surface area contributed by atoms with Crippen molar-refractivity contribution in [2.75, 3.05) is 0 Å². The number of alkyl halides is 3. The molecule has 0 bridgehead atoms. The summed E-state index contributed by atoms with van der Waals surface area (Å²) >= 11 is 1.14. The monoisotopic (exact) mass is 259 g/mol. The molecule has 0 saturated carbocycles. The summed E-state index contributed by atoms with van der Waals surface area (Å²) < 4.78 is 38.2. The molecule has 0 radical (unpaired) electrons. The van der Waals surface area contributed by atoms with Gasteiger partial charge in [-0.1, -0.05) is 18.2 Å². The van der Waals surface area contributed by atoms with Gasteiger partial charge in [0.25, 0.3) is 0 Å². The Kier molecular flexibility index (Phi) is 3.17. The van der Waals surface area contributed by atoms with E-state index in [-0.39, 0.29) is 17.9 Å². The predicted octanol–water partition coefficient (Wildman–Crippen LogP) is 3.32. The Balaban J connectivity index is 2.52. The summed E-state index contributed by atoms with van der Waals surface area (Å²) in [5.41, 5.74) is -0.433. The molecule has 1 N–H and O–H groups in total. The highest BCUT2D eigenvalue weighted by molar-refractivity contribution is 7.09. The van der Waals surface area contributed by atoms with Crippen LogP contribution in [0.1, 0.15) is 10.6 Å². The molecule has 0 aliphatic rings. The number of aliphatic hydroxyl groups excluding tert-OH is 1. The van der Waals surface area contributed by atoms with Crippen LogP contribution in [0.4, 0.5) is 13.2 Å². The van der Waals surface area contributed by atoms with Crippen LogP contribution in [0.2, 0.25) is 0 Å². The Labute approximate surface area is 99.4 Å². The van der Waals surface area contributed by atoms with E-state index >= 15 is 0 Å². The second-order valence-electron chi connectivity index (χ2n) is 3.33. The van der Waals surface area contributed by atoms with E-state index in [9.17, 15) is 13.2 Å². The van der Waals surface area contributed by atoms with Crippen molar-refractivity contribution < 1.29 is 18.3 Å². The molecule has 0 atom stereocenters. The van der Waals surface area contributed by atoms with E-state index < -0.39 is 11.7 Å². The molecule has 0 unspecified atom stereocenters. The minimum Gasteiger partial charge on any atom is -0.389 e. The number of hydrogen-bond donors (Lipinski definition) is 1. The predicted molar refractivity (Wildman–Crippen MR) is 58.5 cm³/mol. The third-order valence-electron chi connectivity index (χ3n) is 2.20. The van der Waals surface area contributed by atoms with E-state index in [1.807, 2.05) is 0 Å². The van der Waals surface area contributed by atoms with E-state index in [0.717, 1.165) is 17.4 Å². The van der Waals surface area contributed by atoms with Gasteiger partial charge in [0.2, 0.25) is 0 Å². The minimum absolute atomic E-state index is 0.0379. The maximum atomic E-state index is 12.7. The maximum Gasteiger partial charge on any atom is 0.417 e. The molecule has 0 amide bonds. The SMILES string of the molecule is OCc1nc(-c2ccccc2C(F)(F)F)cs1. The van der Waals surface area contributed by atoms with Crippen molar-refractivity contribution in [2.24, 2.45) is 0 Å². The van der Waals surface area contributed by atoms with Gasteiger partial charge in [-0.3, -0.25) is 0 Å². The van der Waals surface area contributed by atoms with Gasteiger partial charge in [0.1, 0.15) is 5.01 Å². The number of halogens is 3. The average molecular weight is 259 g/mol. The lowest BCUT2D eigenvalue weighted by Gasteiger charge is -2.10. The van der Waals surface area contributed by atoms with Crippen molar-refractivity contribution in [1.82, 2.24) is 4.98 Å². The molecule has 2 aromatic rings. The van der Waals surface area contributed by atoms with E-state index in [2.05, 4.69) is 4.98 Å². The number of rotatable bonds is 2. The summed E-state index contributed by atoms with van der Waals surface area (Å²) in [5.74, 6) is 0. The third-order valence-corrected chi connectivity index (χ3v) is 3.03. The highest BCUT2D eigenvalue weighted by atomic mass is 32.1. The fourth-order valence-electron chi connectivity index (χ4n) is 1.46. The largest absolute Gasteiger partial charge is 0.417 e. The number of aromatic nitrogens is 1. The van der Waals surface area contributed by atoms with E-state index in [4.69, 9.17) is 5.11 Å². The van der Waals surface area contributed by atoms with Gasteiger partial charge < -0.3 is 5.11 Å². The number of thiazole rings is 1. The summed E-state index contributed by atoms with van der Waals surface area (Å²) in [6.07, 6.45) is -4.40. The third kappa shape index (κ3) is 2.48. The normalized spacial score (nSPS) is 11.8. The van der Waals surface area contributed by atoms with Crippen LogP contribution < -0.4 is 0 Å². The molecule has 0 saturated heterocycles. The molecule has 0 aliphatic heterocycles. The lowest BCUT2D eigenvalue weighted by molar-refractivity contribution is -0.137. The molecule has 2 rings (SSSR count). The molecule has 17 heavy (non-hydrogen) atoms. The Morgan fingerprint density at radius 2 is 1.94 bits per heavy atom. The lowest BCUT2D eigenvalue weighted by atomic mass is 10.1. The number of nitrogens with zero attached hydrogens (tertiary/aromatic N) is 1. The minimum atomic E-state index is -4.40. The Hall–Kier alpha value is -1.40. The van der Waals surface area contributed by atoms with E-state index in [1.54, 1.807) is 0 Å². The first kappa shape index (κ1) is 12.1. The fraction of sp³-hybridized carbons (Fsp3) is 0.182. The standard InChI is InChI=1S/C11H8F3NOS/c12-11(13,14)8-4-2-1-3-7(8)9-6-17-10(5-16)15-9/h1-4,6,16H,5H2. The van der Waals surface area contributed by atoms with Gasteiger partial charge >= 0.3 is 6.18 Å². The smallest absolute Gasteiger partial charge is 0.389 e. The fourth-order valence-corrected chi connectivity index (χ4v) is 2.11. The highest BCUT2D eigenvalue weighted by Gasteiger charge is 2.33. The molecule has 0 fully saturated rings. The molecule has 0 aliphatic carbocycles. The zero-order chi connectivity index (χ0) is 12.5. The number of hydrogen-bond acceptors (Lipinski definition) is 3. The van der Waals surface area contributed by atoms with Crippen molar-refractivity contribution in [3.63, 3.8) is 0 Å². The van der Waals surface area contributed by atoms with E-state index in [0.29, 0.717) is 5.01 Å². The molecule has 2 nitrogen and oxygen atoms in total. The Morgan fingerprint density at radius 3 is 2.53 bits per heavy atom. The van der Waals surface area contributed by atoms with Crippen LogP contribution in [0.5, 0.6) is 0 Å². The van der Waals surface area contributed by atoms with Gasteiger partial charge in [0.05, 0.1) is 17.9 Å². The first-order valence-electron chi connectivity index (χ1n) is 4.74. The van der Waals surface area contributed by atoms with Crippen LogP contribution in [0.25, 0.3) is 11.3 Å². The first-order valence-corrected chi connectivity index (χ1v) is 5.62. The molecular formula is C11H8F3NOS. The van der Waals surface area contributed by atoms with Crippen molar-refractivity contribution in [2.45, 2.75) is 12.8 Å². The molecule has 6 heteroatoms. The number of benzene rings is 1. The van der Waals surface area contributed by atoms with Crippen LogP contribution in [0.15, 0.2) is 29.6 Å². The van der Waals surface area contributed by atoms with Crippen LogP contribution in [-0.2, 0) is 12.8 Å². The first-order chi connectivity index (χ1) is 8.02. The van der Waals surface area contributed by atoms with Gasteiger partial charge in [-0.25, -0.2) is 4.98 Å². The second kappa shape index (κ2) is 4.46. The highest BCUT2D eigenvalue weighted by Crippen LogP contribution is 2.37. The average Bonchev–Trinajstić information content (AvgIpc) is 2.76. The van der Waals surface area contributed by atoms with Crippen LogP contribution >= 0.6 is 11.3 Å².